The molecule has 37 heavy (non-hydrogen) atoms. The van der Waals surface area contributed by atoms with E-state index in [0.29, 0.717) is 70.0 Å². The van der Waals surface area contributed by atoms with Crippen molar-refractivity contribution >= 4 is 29.7 Å². The number of aryl methyl sites for hydroxylation is 1. The summed E-state index contributed by atoms with van der Waals surface area (Å²) in [5, 5.41) is 9.98. The van der Waals surface area contributed by atoms with Crippen molar-refractivity contribution in [3.63, 3.8) is 0 Å². The highest BCUT2D eigenvalue weighted by Gasteiger charge is 2.24. The number of hydrogen-bond donors (Lipinski definition) is 2. The number of nitrogens with zero attached hydrogens (tertiary/aromatic N) is 5. The lowest BCUT2D eigenvalue weighted by Gasteiger charge is -2.40. The Morgan fingerprint density at radius 1 is 1.16 bits per heavy atom. The Balaban J connectivity index is 1.50. The SMILES string of the molecule is CC(=O)N(CCCON(C)C=O)N1CCN(Cc2cccc(NC(=O)Nc3ccc(C)nc3)c2F)CC1. The molecule has 0 bridgehead atoms. The lowest BCUT2D eigenvalue weighted by Crippen LogP contribution is -2.55. The minimum atomic E-state index is -0.553. The number of hydrazine groups is 1. The summed E-state index contributed by atoms with van der Waals surface area (Å²) in [6, 6.07) is 7.87. The van der Waals surface area contributed by atoms with Crippen LogP contribution in [0.1, 0.15) is 24.6 Å². The molecule has 1 aliphatic rings. The first-order valence-electron chi connectivity index (χ1n) is 12.1. The van der Waals surface area contributed by atoms with Crippen LogP contribution in [0.4, 0.5) is 20.6 Å². The Bertz CT molecular complexity index is 1060. The van der Waals surface area contributed by atoms with Crippen LogP contribution in [0.15, 0.2) is 36.5 Å². The molecule has 0 saturated carbocycles. The second-order valence-electron chi connectivity index (χ2n) is 8.76. The highest BCUT2D eigenvalue weighted by atomic mass is 19.1. The number of aromatic nitrogens is 1. The third kappa shape index (κ3) is 8.48. The smallest absolute Gasteiger partial charge is 0.306 e. The van der Waals surface area contributed by atoms with Gasteiger partial charge in [-0.25, -0.2) is 19.3 Å². The summed E-state index contributed by atoms with van der Waals surface area (Å²) in [5.41, 5.74) is 1.91. The number of carbonyl (C=O) groups excluding carboxylic acids is 3. The number of urea groups is 1. The minimum Gasteiger partial charge on any atom is -0.306 e. The van der Waals surface area contributed by atoms with E-state index in [1.54, 1.807) is 29.3 Å². The topological polar surface area (TPSA) is 110 Å². The normalized spacial score (nSPS) is 14.2. The first-order valence-corrected chi connectivity index (χ1v) is 12.1. The van der Waals surface area contributed by atoms with Crippen LogP contribution in [0.5, 0.6) is 0 Å². The maximum absolute atomic E-state index is 15.2. The van der Waals surface area contributed by atoms with Gasteiger partial charge >= 0.3 is 6.03 Å². The Labute approximate surface area is 216 Å². The van der Waals surface area contributed by atoms with Crippen molar-refractivity contribution in [3.05, 3.63) is 53.6 Å². The molecule has 0 aliphatic carbocycles. The number of anilines is 2. The molecule has 0 atom stereocenters. The van der Waals surface area contributed by atoms with Gasteiger partial charge in [-0.1, -0.05) is 12.1 Å². The molecule has 1 aromatic carbocycles. The fourth-order valence-corrected chi connectivity index (χ4v) is 3.95. The van der Waals surface area contributed by atoms with Gasteiger partial charge in [-0.05, 0) is 31.5 Å². The van der Waals surface area contributed by atoms with Crippen molar-refractivity contribution in [3.8, 4) is 0 Å². The van der Waals surface area contributed by atoms with E-state index in [0.717, 1.165) is 10.8 Å². The van der Waals surface area contributed by atoms with Gasteiger partial charge in [0.25, 0.3) is 0 Å². The van der Waals surface area contributed by atoms with Crippen molar-refractivity contribution in [2.45, 2.75) is 26.8 Å². The summed E-state index contributed by atoms with van der Waals surface area (Å²) >= 11 is 0. The summed E-state index contributed by atoms with van der Waals surface area (Å²) in [5.74, 6) is -0.547. The van der Waals surface area contributed by atoms with E-state index >= 15 is 4.39 Å². The molecular weight excluding hydrogens is 481 g/mol. The number of pyridine rings is 1. The van der Waals surface area contributed by atoms with E-state index in [2.05, 4.69) is 20.5 Å². The zero-order valence-corrected chi connectivity index (χ0v) is 21.4. The lowest BCUT2D eigenvalue weighted by atomic mass is 10.1. The second kappa shape index (κ2) is 13.6. The molecule has 4 amide bonds. The lowest BCUT2D eigenvalue weighted by molar-refractivity contribution is -0.167. The van der Waals surface area contributed by atoms with Gasteiger partial charge in [-0.15, -0.1) is 0 Å². The van der Waals surface area contributed by atoms with Crippen molar-refractivity contribution in [2.75, 3.05) is 57.0 Å². The van der Waals surface area contributed by atoms with Crippen molar-refractivity contribution in [1.29, 1.82) is 0 Å². The Kier molecular flexibility index (Phi) is 10.3. The Morgan fingerprint density at radius 3 is 2.57 bits per heavy atom. The summed E-state index contributed by atoms with van der Waals surface area (Å²) in [6.07, 6.45) is 2.69. The first kappa shape index (κ1) is 28.0. The second-order valence-corrected chi connectivity index (χ2v) is 8.76. The predicted octanol–water partition coefficient (Wildman–Crippen LogP) is 2.46. The van der Waals surface area contributed by atoms with Crippen LogP contribution in [-0.2, 0) is 21.0 Å². The molecule has 12 heteroatoms. The molecule has 1 fully saturated rings. The summed E-state index contributed by atoms with van der Waals surface area (Å²) in [7, 11) is 1.52. The highest BCUT2D eigenvalue weighted by molar-refractivity contribution is 5.99. The maximum Gasteiger partial charge on any atom is 0.323 e. The number of hydrogen-bond acceptors (Lipinski definition) is 7. The van der Waals surface area contributed by atoms with E-state index in [1.807, 2.05) is 11.9 Å². The molecule has 2 N–H and O–H groups in total. The van der Waals surface area contributed by atoms with Gasteiger partial charge in [0.15, 0.2) is 5.82 Å². The monoisotopic (exact) mass is 515 g/mol. The number of benzene rings is 1. The average molecular weight is 516 g/mol. The number of amides is 4. The van der Waals surface area contributed by atoms with Crippen LogP contribution in [0, 0.1) is 12.7 Å². The molecular formula is C25H34FN7O4. The van der Waals surface area contributed by atoms with Crippen LogP contribution in [0.3, 0.4) is 0 Å². The van der Waals surface area contributed by atoms with Gasteiger partial charge < -0.3 is 10.6 Å². The zero-order chi connectivity index (χ0) is 26.8. The van der Waals surface area contributed by atoms with Crippen molar-refractivity contribution < 1.29 is 23.6 Å². The molecule has 0 unspecified atom stereocenters. The molecule has 11 nitrogen and oxygen atoms in total. The first-order chi connectivity index (χ1) is 17.8. The molecule has 200 valence electrons. The maximum atomic E-state index is 15.2. The van der Waals surface area contributed by atoms with Crippen molar-refractivity contribution in [1.82, 2.24) is 25.0 Å². The summed E-state index contributed by atoms with van der Waals surface area (Å²) in [6.45, 7) is 7.06. The molecule has 1 aliphatic heterocycles. The van der Waals surface area contributed by atoms with E-state index in [9.17, 15) is 14.4 Å². The fourth-order valence-electron chi connectivity index (χ4n) is 3.95. The number of piperazine rings is 1. The number of carbonyl (C=O) groups is 3. The number of nitrogens with one attached hydrogen (secondary N) is 2. The third-order valence-corrected chi connectivity index (χ3v) is 5.90. The van der Waals surface area contributed by atoms with Gasteiger partial charge in [0.05, 0.1) is 24.2 Å². The minimum absolute atomic E-state index is 0.0679. The average Bonchev–Trinajstić information content (AvgIpc) is 2.88. The summed E-state index contributed by atoms with van der Waals surface area (Å²) < 4.78 is 15.2. The molecule has 2 aromatic rings. The fraction of sp³-hybridized carbons (Fsp3) is 0.440. The molecule has 2 heterocycles. The Morgan fingerprint density at radius 2 is 1.92 bits per heavy atom. The third-order valence-electron chi connectivity index (χ3n) is 5.90. The van der Waals surface area contributed by atoms with Gasteiger partial charge in [-0.3, -0.25) is 29.3 Å². The highest BCUT2D eigenvalue weighted by Crippen LogP contribution is 2.21. The zero-order valence-electron chi connectivity index (χ0n) is 21.4. The van der Waals surface area contributed by atoms with Crippen molar-refractivity contribution in [2.24, 2.45) is 0 Å². The van der Waals surface area contributed by atoms with Crippen LogP contribution >= 0.6 is 0 Å². The molecule has 0 radical (unpaired) electrons. The van der Waals surface area contributed by atoms with Crippen LogP contribution in [0.2, 0.25) is 0 Å². The van der Waals surface area contributed by atoms with Gasteiger partial charge in [-0.2, -0.15) is 0 Å². The predicted molar refractivity (Wildman–Crippen MR) is 137 cm³/mol. The standard InChI is InChI=1S/C25H34FN7O4/c1-19-8-9-22(16-27-19)28-25(36)29-23-7-4-6-21(24(23)26)17-31-11-13-32(14-12-31)33(20(2)35)10-5-15-37-30(3)18-34/h4,6-9,16,18H,5,10-15,17H2,1-3H3,(H2,28,29,36). The number of rotatable bonds is 11. The molecule has 3 rings (SSSR count). The molecule has 0 spiro atoms. The van der Waals surface area contributed by atoms with Crippen LogP contribution in [-0.4, -0.2) is 89.7 Å². The van der Waals surface area contributed by atoms with E-state index in [4.69, 9.17) is 4.84 Å². The van der Waals surface area contributed by atoms with Gasteiger partial charge in [0.2, 0.25) is 12.3 Å². The van der Waals surface area contributed by atoms with Gasteiger partial charge in [0.1, 0.15) is 0 Å². The quantitative estimate of drug-likeness (QED) is 0.269. The molecule has 1 saturated heterocycles. The van der Waals surface area contributed by atoms with Crippen LogP contribution < -0.4 is 10.6 Å². The van der Waals surface area contributed by atoms with Gasteiger partial charge in [0, 0.05) is 64.5 Å². The number of halogens is 1. The summed E-state index contributed by atoms with van der Waals surface area (Å²) in [4.78, 5) is 46.5. The van der Waals surface area contributed by atoms with Crippen LogP contribution in [0.25, 0.3) is 0 Å². The number of hydroxylamine groups is 2. The van der Waals surface area contributed by atoms with E-state index < -0.39 is 11.8 Å². The van der Waals surface area contributed by atoms with E-state index in [1.165, 1.54) is 26.2 Å². The van der Waals surface area contributed by atoms with E-state index in [-0.39, 0.29) is 11.6 Å². The largest absolute Gasteiger partial charge is 0.323 e. The molecule has 1 aromatic heterocycles. The Hall–Kier alpha value is -3.61.